The van der Waals surface area contributed by atoms with Crippen LogP contribution in [0.5, 0.6) is 5.75 Å². The van der Waals surface area contributed by atoms with Crippen LogP contribution in [0.25, 0.3) is 0 Å². The summed E-state index contributed by atoms with van der Waals surface area (Å²) in [4.78, 5) is 13.0. The highest BCUT2D eigenvalue weighted by atomic mass is 35.5. The van der Waals surface area contributed by atoms with Crippen LogP contribution in [-0.2, 0) is 4.79 Å². The molecular weight excluding hydrogens is 285 g/mol. The van der Waals surface area contributed by atoms with Gasteiger partial charge in [0.15, 0.2) is 5.75 Å². The molecule has 2 rings (SSSR count). The minimum Gasteiger partial charge on any atom is -0.489 e. The van der Waals surface area contributed by atoms with Crippen LogP contribution in [0.3, 0.4) is 0 Å². The Labute approximate surface area is 123 Å². The van der Waals surface area contributed by atoms with Gasteiger partial charge in [-0.1, -0.05) is 29.3 Å². The second-order valence-corrected chi connectivity index (χ2v) is 5.53. The van der Waals surface area contributed by atoms with Crippen LogP contribution < -0.4 is 4.74 Å². The summed E-state index contributed by atoms with van der Waals surface area (Å²) in [7, 11) is 0. The van der Waals surface area contributed by atoms with Gasteiger partial charge in [0.2, 0.25) is 0 Å². The van der Waals surface area contributed by atoms with Gasteiger partial charge in [-0.15, -0.1) is 0 Å². The minimum absolute atomic E-state index is 0.232. The summed E-state index contributed by atoms with van der Waals surface area (Å²) in [6.07, 6.45) is 2.95. The van der Waals surface area contributed by atoms with Crippen molar-refractivity contribution in [3.8, 4) is 5.75 Å². The number of carbonyl (C=O) groups excluding carboxylic acids is 1. The molecule has 1 aliphatic heterocycles. The monoisotopic (exact) mass is 301 g/mol. The maximum atomic E-state index is 10.7. The molecule has 1 saturated heterocycles. The Bertz CT molecular complexity index is 411. The number of likely N-dealkylation sites (tertiary alicyclic amines) is 1. The molecule has 0 spiro atoms. The van der Waals surface area contributed by atoms with E-state index in [0.29, 0.717) is 22.4 Å². The molecule has 19 heavy (non-hydrogen) atoms. The number of halogens is 2. The number of ether oxygens (including phenoxy) is 1. The first-order chi connectivity index (χ1) is 9.20. The first-order valence-corrected chi connectivity index (χ1v) is 7.20. The molecule has 0 aromatic heterocycles. The van der Waals surface area contributed by atoms with Crippen molar-refractivity contribution >= 4 is 29.5 Å². The number of hydrogen-bond acceptors (Lipinski definition) is 3. The molecule has 1 aromatic carbocycles. The number of piperidine rings is 1. The highest BCUT2D eigenvalue weighted by molar-refractivity contribution is 6.37. The van der Waals surface area contributed by atoms with Crippen LogP contribution >= 0.6 is 23.2 Å². The van der Waals surface area contributed by atoms with Gasteiger partial charge in [-0.3, -0.25) is 4.90 Å². The Morgan fingerprint density at radius 1 is 1.26 bits per heavy atom. The van der Waals surface area contributed by atoms with Crippen molar-refractivity contribution in [2.45, 2.75) is 12.8 Å². The summed E-state index contributed by atoms with van der Waals surface area (Å²) < 4.78 is 5.65. The highest BCUT2D eigenvalue weighted by Gasteiger charge is 2.18. The number of carbonyl (C=O) groups is 1. The number of benzene rings is 1. The third-order valence-electron chi connectivity index (χ3n) is 3.40. The fourth-order valence-corrected chi connectivity index (χ4v) is 2.72. The Hall–Kier alpha value is -0.770. The lowest BCUT2D eigenvalue weighted by Crippen LogP contribution is -2.36. The largest absolute Gasteiger partial charge is 0.489 e. The number of aldehydes is 1. The molecule has 0 unspecified atom stereocenters. The van der Waals surface area contributed by atoms with Crippen LogP contribution in [0.1, 0.15) is 12.8 Å². The fourth-order valence-electron chi connectivity index (χ4n) is 2.21. The molecule has 0 saturated carbocycles. The highest BCUT2D eigenvalue weighted by Crippen LogP contribution is 2.32. The number of nitrogens with zero attached hydrogens (tertiary/aromatic N) is 1. The third-order valence-corrected chi connectivity index (χ3v) is 3.99. The second-order valence-electron chi connectivity index (χ2n) is 4.71. The van der Waals surface area contributed by atoms with E-state index in [0.717, 1.165) is 38.8 Å². The number of hydrogen-bond donors (Lipinski definition) is 0. The van der Waals surface area contributed by atoms with Gasteiger partial charge in [-0.2, -0.15) is 0 Å². The van der Waals surface area contributed by atoms with Crippen molar-refractivity contribution in [1.82, 2.24) is 4.90 Å². The van der Waals surface area contributed by atoms with Gasteiger partial charge >= 0.3 is 0 Å². The van der Waals surface area contributed by atoms with E-state index in [1.807, 2.05) is 0 Å². The standard InChI is InChI=1S/C14H17Cl2NO2/c15-12-2-1-3-13(16)14(12)19-9-8-17-6-4-11(10-18)5-7-17/h1-3,10-11H,4-9H2. The van der Waals surface area contributed by atoms with Crippen molar-refractivity contribution in [2.75, 3.05) is 26.2 Å². The lowest BCUT2D eigenvalue weighted by molar-refractivity contribution is -0.112. The molecule has 3 nitrogen and oxygen atoms in total. The normalized spacial score (nSPS) is 17.4. The SMILES string of the molecule is O=CC1CCN(CCOc2c(Cl)cccc2Cl)CC1. The van der Waals surface area contributed by atoms with Crippen LogP contribution in [0, 0.1) is 5.92 Å². The van der Waals surface area contributed by atoms with Gasteiger partial charge in [0.1, 0.15) is 12.9 Å². The van der Waals surface area contributed by atoms with Crippen LogP contribution in [0.4, 0.5) is 0 Å². The molecule has 0 atom stereocenters. The molecule has 5 heteroatoms. The summed E-state index contributed by atoms with van der Waals surface area (Å²) in [5.41, 5.74) is 0. The molecular formula is C14H17Cl2NO2. The van der Waals surface area contributed by atoms with Gasteiger partial charge in [0, 0.05) is 12.5 Å². The van der Waals surface area contributed by atoms with Gasteiger partial charge in [-0.25, -0.2) is 0 Å². The maximum absolute atomic E-state index is 10.7. The van der Waals surface area contributed by atoms with E-state index >= 15 is 0 Å². The first kappa shape index (κ1) is 14.6. The van der Waals surface area contributed by atoms with Crippen molar-refractivity contribution in [3.63, 3.8) is 0 Å². The first-order valence-electron chi connectivity index (χ1n) is 6.45. The molecule has 1 fully saturated rings. The number of para-hydroxylation sites is 1. The van der Waals surface area contributed by atoms with Crippen molar-refractivity contribution < 1.29 is 9.53 Å². The fraction of sp³-hybridized carbons (Fsp3) is 0.500. The van der Waals surface area contributed by atoms with Crippen LogP contribution in [0.15, 0.2) is 18.2 Å². The molecule has 0 amide bonds. The van der Waals surface area contributed by atoms with Gasteiger partial charge in [0.05, 0.1) is 10.0 Å². The van der Waals surface area contributed by atoms with E-state index in [1.165, 1.54) is 0 Å². The summed E-state index contributed by atoms with van der Waals surface area (Å²) in [6, 6.07) is 5.32. The third kappa shape index (κ3) is 4.10. The van der Waals surface area contributed by atoms with E-state index < -0.39 is 0 Å². The van der Waals surface area contributed by atoms with Crippen LogP contribution in [0.2, 0.25) is 10.0 Å². The van der Waals surface area contributed by atoms with E-state index in [4.69, 9.17) is 27.9 Å². The molecule has 0 radical (unpaired) electrons. The molecule has 104 valence electrons. The lowest BCUT2D eigenvalue weighted by Gasteiger charge is -2.29. The van der Waals surface area contributed by atoms with Crippen molar-refractivity contribution in [2.24, 2.45) is 5.92 Å². The molecule has 0 aliphatic carbocycles. The average Bonchev–Trinajstić information content (AvgIpc) is 2.43. The topological polar surface area (TPSA) is 29.5 Å². The molecule has 1 aliphatic rings. The van der Waals surface area contributed by atoms with E-state index in [9.17, 15) is 4.79 Å². The molecule has 0 bridgehead atoms. The van der Waals surface area contributed by atoms with Gasteiger partial charge < -0.3 is 9.53 Å². The minimum atomic E-state index is 0.232. The Morgan fingerprint density at radius 2 is 1.89 bits per heavy atom. The molecule has 1 heterocycles. The van der Waals surface area contributed by atoms with Crippen molar-refractivity contribution in [1.29, 1.82) is 0 Å². The zero-order chi connectivity index (χ0) is 13.7. The second kappa shape index (κ2) is 7.13. The van der Waals surface area contributed by atoms with E-state index in [1.54, 1.807) is 18.2 Å². The Balaban J connectivity index is 1.77. The van der Waals surface area contributed by atoms with Gasteiger partial charge in [0.25, 0.3) is 0 Å². The summed E-state index contributed by atoms with van der Waals surface area (Å²) in [5, 5.41) is 1.07. The van der Waals surface area contributed by atoms with Crippen LogP contribution in [-0.4, -0.2) is 37.4 Å². The molecule has 0 N–H and O–H groups in total. The zero-order valence-corrected chi connectivity index (χ0v) is 12.2. The zero-order valence-electron chi connectivity index (χ0n) is 10.6. The number of rotatable bonds is 5. The Morgan fingerprint density at radius 3 is 2.47 bits per heavy atom. The summed E-state index contributed by atoms with van der Waals surface area (Å²) in [5.74, 6) is 0.781. The lowest BCUT2D eigenvalue weighted by atomic mass is 9.99. The van der Waals surface area contributed by atoms with Gasteiger partial charge in [-0.05, 0) is 38.1 Å². The maximum Gasteiger partial charge on any atom is 0.156 e. The average molecular weight is 302 g/mol. The quantitative estimate of drug-likeness (QED) is 0.782. The van der Waals surface area contributed by atoms with Crippen molar-refractivity contribution in [3.05, 3.63) is 28.2 Å². The Kier molecular flexibility index (Phi) is 5.49. The summed E-state index contributed by atoms with van der Waals surface area (Å²) in [6.45, 7) is 3.27. The predicted molar refractivity (Wildman–Crippen MR) is 77.2 cm³/mol. The van der Waals surface area contributed by atoms with E-state index in [-0.39, 0.29) is 5.92 Å². The van der Waals surface area contributed by atoms with E-state index in [2.05, 4.69) is 4.90 Å². The predicted octanol–water partition coefficient (Wildman–Crippen LogP) is 3.28. The summed E-state index contributed by atoms with van der Waals surface area (Å²) >= 11 is 12.1. The smallest absolute Gasteiger partial charge is 0.156 e. The molecule has 1 aromatic rings.